The maximum atomic E-state index is 12.4. The number of nitrogens with two attached hydrogens (primary N) is 1. The Labute approximate surface area is 123 Å². The van der Waals surface area contributed by atoms with E-state index in [-0.39, 0.29) is 17.9 Å². The minimum absolute atomic E-state index is 0.125. The van der Waals surface area contributed by atoms with Crippen LogP contribution in [-0.4, -0.2) is 23.9 Å². The molecule has 20 heavy (non-hydrogen) atoms. The van der Waals surface area contributed by atoms with Crippen LogP contribution in [0.25, 0.3) is 10.1 Å². The second-order valence-corrected chi connectivity index (χ2v) is 6.63. The first-order valence-corrected chi connectivity index (χ1v) is 7.99. The van der Waals surface area contributed by atoms with E-state index in [1.807, 2.05) is 11.9 Å². The van der Waals surface area contributed by atoms with Crippen LogP contribution in [0.1, 0.15) is 24.8 Å². The van der Waals surface area contributed by atoms with Crippen LogP contribution < -0.4 is 5.73 Å². The third kappa shape index (κ3) is 2.58. The van der Waals surface area contributed by atoms with Crippen LogP contribution in [0.4, 0.5) is 0 Å². The van der Waals surface area contributed by atoms with Crippen LogP contribution in [0.15, 0.2) is 29.6 Å². The van der Waals surface area contributed by atoms with Gasteiger partial charge in [-0.3, -0.25) is 4.79 Å². The van der Waals surface area contributed by atoms with Crippen molar-refractivity contribution in [2.75, 3.05) is 7.05 Å². The lowest BCUT2D eigenvalue weighted by molar-refractivity contribution is -0.134. The summed E-state index contributed by atoms with van der Waals surface area (Å²) in [5.41, 5.74) is 7.14. The fourth-order valence-electron chi connectivity index (χ4n) is 3.04. The summed E-state index contributed by atoms with van der Waals surface area (Å²) < 4.78 is 1.28. The van der Waals surface area contributed by atoms with Crippen LogP contribution in [0, 0.1) is 5.92 Å². The Hall–Kier alpha value is -1.39. The molecule has 1 saturated carbocycles. The number of carbonyl (C=O) groups is 1. The summed E-state index contributed by atoms with van der Waals surface area (Å²) in [6.07, 6.45) is 2.76. The van der Waals surface area contributed by atoms with Gasteiger partial charge in [-0.15, -0.1) is 11.3 Å². The number of benzene rings is 1. The average molecular weight is 288 g/mol. The molecule has 106 valence electrons. The normalized spacial score (nSPS) is 22.3. The minimum Gasteiger partial charge on any atom is -0.341 e. The Morgan fingerprint density at radius 2 is 2.20 bits per heavy atom. The van der Waals surface area contributed by atoms with Crippen molar-refractivity contribution in [1.82, 2.24) is 4.90 Å². The van der Waals surface area contributed by atoms with Crippen molar-refractivity contribution in [1.29, 1.82) is 0 Å². The van der Waals surface area contributed by atoms with Crippen LogP contribution in [0.5, 0.6) is 0 Å². The molecule has 1 aliphatic rings. The summed E-state index contributed by atoms with van der Waals surface area (Å²) in [5, 5.41) is 3.43. The Kier molecular flexibility index (Phi) is 3.76. The lowest BCUT2D eigenvalue weighted by Gasteiger charge is -2.21. The van der Waals surface area contributed by atoms with Gasteiger partial charge in [-0.25, -0.2) is 0 Å². The van der Waals surface area contributed by atoms with Gasteiger partial charge < -0.3 is 10.6 Å². The third-order valence-electron chi connectivity index (χ3n) is 4.17. The van der Waals surface area contributed by atoms with Gasteiger partial charge in [0.05, 0.1) is 0 Å². The number of carbonyl (C=O) groups excluding carboxylic acids is 1. The predicted molar refractivity (Wildman–Crippen MR) is 83.6 cm³/mol. The van der Waals surface area contributed by atoms with Crippen molar-refractivity contribution in [2.45, 2.75) is 31.8 Å². The summed E-state index contributed by atoms with van der Waals surface area (Å²) in [6.45, 7) is 0.689. The third-order valence-corrected chi connectivity index (χ3v) is 5.18. The van der Waals surface area contributed by atoms with Crippen LogP contribution in [-0.2, 0) is 11.3 Å². The minimum atomic E-state index is 0.125. The van der Waals surface area contributed by atoms with Gasteiger partial charge >= 0.3 is 0 Å². The van der Waals surface area contributed by atoms with Gasteiger partial charge in [-0.2, -0.15) is 0 Å². The van der Waals surface area contributed by atoms with Gasteiger partial charge in [0, 0.05) is 30.3 Å². The van der Waals surface area contributed by atoms with E-state index in [0.717, 1.165) is 19.3 Å². The highest BCUT2D eigenvalue weighted by Crippen LogP contribution is 2.29. The molecule has 1 aromatic heterocycles. The van der Waals surface area contributed by atoms with E-state index < -0.39 is 0 Å². The second kappa shape index (κ2) is 5.54. The van der Waals surface area contributed by atoms with Gasteiger partial charge in [-0.05, 0) is 41.7 Å². The van der Waals surface area contributed by atoms with E-state index in [0.29, 0.717) is 6.54 Å². The van der Waals surface area contributed by atoms with Gasteiger partial charge in [-0.1, -0.05) is 18.2 Å². The number of hydrogen-bond donors (Lipinski definition) is 1. The van der Waals surface area contributed by atoms with Crippen LogP contribution in [0.3, 0.4) is 0 Å². The SMILES string of the molecule is CN(Cc1csc2ccccc12)C(=O)C1CCC(N)C1. The topological polar surface area (TPSA) is 46.3 Å². The van der Waals surface area contributed by atoms with E-state index in [9.17, 15) is 4.79 Å². The first-order valence-electron chi connectivity index (χ1n) is 7.11. The highest BCUT2D eigenvalue weighted by Gasteiger charge is 2.29. The zero-order valence-electron chi connectivity index (χ0n) is 11.7. The molecule has 0 saturated heterocycles. The molecule has 4 heteroatoms. The summed E-state index contributed by atoms with van der Waals surface area (Å²) in [7, 11) is 1.90. The lowest BCUT2D eigenvalue weighted by atomic mass is 10.1. The smallest absolute Gasteiger partial charge is 0.225 e. The molecule has 0 spiro atoms. The van der Waals surface area contributed by atoms with Crippen molar-refractivity contribution in [2.24, 2.45) is 11.7 Å². The number of amides is 1. The highest BCUT2D eigenvalue weighted by molar-refractivity contribution is 7.17. The molecule has 2 atom stereocenters. The van der Waals surface area contributed by atoms with E-state index >= 15 is 0 Å². The largest absolute Gasteiger partial charge is 0.341 e. The molecule has 0 radical (unpaired) electrons. The van der Waals surface area contributed by atoms with Gasteiger partial charge in [0.25, 0.3) is 0 Å². The fourth-order valence-corrected chi connectivity index (χ4v) is 4.00. The molecular weight excluding hydrogens is 268 g/mol. The van der Waals surface area contributed by atoms with Gasteiger partial charge in [0.2, 0.25) is 5.91 Å². The number of nitrogens with zero attached hydrogens (tertiary/aromatic N) is 1. The van der Waals surface area contributed by atoms with Gasteiger partial charge in [0.1, 0.15) is 0 Å². The van der Waals surface area contributed by atoms with E-state index in [4.69, 9.17) is 5.73 Å². The van der Waals surface area contributed by atoms with Gasteiger partial charge in [0.15, 0.2) is 0 Å². The number of rotatable bonds is 3. The molecule has 1 amide bonds. The quantitative estimate of drug-likeness (QED) is 0.943. The van der Waals surface area contributed by atoms with Crippen LogP contribution >= 0.6 is 11.3 Å². The Balaban J connectivity index is 1.72. The summed E-state index contributed by atoms with van der Waals surface area (Å²) in [6, 6.07) is 8.57. The molecular formula is C16H20N2OS. The molecule has 3 rings (SSSR count). The maximum Gasteiger partial charge on any atom is 0.225 e. The molecule has 1 aliphatic carbocycles. The zero-order chi connectivity index (χ0) is 14.1. The molecule has 3 nitrogen and oxygen atoms in total. The first kappa shape index (κ1) is 13.6. The monoisotopic (exact) mass is 288 g/mol. The molecule has 1 heterocycles. The second-order valence-electron chi connectivity index (χ2n) is 5.72. The number of thiophene rings is 1. The first-order chi connectivity index (χ1) is 9.65. The fraction of sp³-hybridized carbons (Fsp3) is 0.438. The summed E-state index contributed by atoms with van der Waals surface area (Å²) >= 11 is 1.74. The molecule has 1 fully saturated rings. The van der Waals surface area contributed by atoms with Crippen LogP contribution in [0.2, 0.25) is 0 Å². The zero-order valence-corrected chi connectivity index (χ0v) is 12.5. The van der Waals surface area contributed by atoms with Crippen molar-refractivity contribution in [3.05, 3.63) is 35.2 Å². The molecule has 0 bridgehead atoms. The Bertz CT molecular complexity index is 622. The molecule has 1 aromatic carbocycles. The highest BCUT2D eigenvalue weighted by atomic mass is 32.1. The molecule has 0 aliphatic heterocycles. The number of fused-ring (bicyclic) bond motifs is 1. The van der Waals surface area contributed by atoms with E-state index in [1.54, 1.807) is 11.3 Å². The van der Waals surface area contributed by atoms with Crippen molar-refractivity contribution >= 4 is 27.3 Å². The average Bonchev–Trinajstić information content (AvgIpc) is 3.05. The lowest BCUT2D eigenvalue weighted by Crippen LogP contribution is -2.32. The Morgan fingerprint density at radius 3 is 2.95 bits per heavy atom. The molecule has 2 unspecified atom stereocenters. The van der Waals surface area contributed by atoms with Crippen molar-refractivity contribution in [3.63, 3.8) is 0 Å². The maximum absolute atomic E-state index is 12.4. The standard InChI is InChI=1S/C16H20N2OS/c1-18(16(19)11-6-7-13(17)8-11)9-12-10-20-15-5-3-2-4-14(12)15/h2-5,10-11,13H,6-9,17H2,1H3. The van der Waals surface area contributed by atoms with E-state index in [2.05, 4.69) is 29.6 Å². The van der Waals surface area contributed by atoms with E-state index in [1.165, 1.54) is 15.6 Å². The molecule has 2 aromatic rings. The number of hydrogen-bond acceptors (Lipinski definition) is 3. The van der Waals surface area contributed by atoms with Crippen molar-refractivity contribution < 1.29 is 4.79 Å². The summed E-state index contributed by atoms with van der Waals surface area (Å²) in [4.78, 5) is 14.3. The summed E-state index contributed by atoms with van der Waals surface area (Å²) in [5.74, 6) is 0.369. The Morgan fingerprint density at radius 1 is 1.40 bits per heavy atom. The molecule has 2 N–H and O–H groups in total. The predicted octanol–water partition coefficient (Wildman–Crippen LogP) is 2.99. The van der Waals surface area contributed by atoms with Crippen molar-refractivity contribution in [3.8, 4) is 0 Å².